The molecular weight excluding hydrogens is 282 g/mol. The Morgan fingerprint density at radius 3 is 2.71 bits per heavy atom. The van der Waals surface area contributed by atoms with Gasteiger partial charge >= 0.3 is 0 Å². The van der Waals surface area contributed by atoms with E-state index >= 15 is 0 Å². The molecule has 0 spiro atoms. The lowest BCUT2D eigenvalue weighted by Gasteiger charge is -2.17. The lowest BCUT2D eigenvalue weighted by atomic mass is 10.1. The molecule has 118 valence electrons. The van der Waals surface area contributed by atoms with Crippen molar-refractivity contribution in [3.05, 3.63) is 29.3 Å². The maximum atomic E-state index is 12.6. The highest BCUT2D eigenvalue weighted by Crippen LogP contribution is 2.29. The summed E-state index contributed by atoms with van der Waals surface area (Å²) in [4.78, 5) is 0. The second kappa shape index (κ2) is 7.95. The zero-order chi connectivity index (χ0) is 15.2. The molecule has 1 aromatic carbocycles. The highest BCUT2D eigenvalue weighted by Gasteiger charge is 2.22. The second-order valence-corrected chi connectivity index (χ2v) is 7.46. The molecule has 0 saturated heterocycles. The van der Waals surface area contributed by atoms with Gasteiger partial charge in [-0.15, -0.1) is 0 Å². The third-order valence-corrected chi connectivity index (χ3v) is 6.10. The van der Waals surface area contributed by atoms with E-state index in [-0.39, 0.29) is 0 Å². The molecule has 1 aliphatic rings. The van der Waals surface area contributed by atoms with E-state index in [2.05, 4.69) is 24.4 Å². The van der Waals surface area contributed by atoms with Crippen LogP contribution in [-0.4, -0.2) is 23.1 Å². The number of hydrogen-bond donors (Lipinski definition) is 1. The Kier molecular flexibility index (Phi) is 6.24. The van der Waals surface area contributed by atoms with Crippen molar-refractivity contribution >= 4 is 10.8 Å². The van der Waals surface area contributed by atoms with Gasteiger partial charge in [0.2, 0.25) is 0 Å². The van der Waals surface area contributed by atoms with Gasteiger partial charge in [0.25, 0.3) is 0 Å². The Bertz CT molecular complexity index is 484. The summed E-state index contributed by atoms with van der Waals surface area (Å²) in [6.07, 6.45) is 4.68. The topological polar surface area (TPSA) is 38.3 Å². The zero-order valence-electron chi connectivity index (χ0n) is 13.4. The van der Waals surface area contributed by atoms with Crippen LogP contribution in [0.5, 0.6) is 5.75 Å². The molecule has 4 heteroatoms. The van der Waals surface area contributed by atoms with Crippen LogP contribution in [0.4, 0.5) is 0 Å². The molecule has 1 fully saturated rings. The number of hydrogen-bond acceptors (Lipinski definition) is 3. The lowest BCUT2D eigenvalue weighted by Crippen LogP contribution is -2.15. The molecule has 0 bridgehead atoms. The number of rotatable bonds is 7. The van der Waals surface area contributed by atoms with Crippen molar-refractivity contribution in [2.75, 3.05) is 13.7 Å². The fourth-order valence-electron chi connectivity index (χ4n) is 2.87. The standard InChI is InChI=1S/C17H27NO2S/c1-4-20-17-10-9-14(13(2)18-3)11-15(17)12-21(19)16-7-5-6-8-16/h9-11,13,16,18H,4-8,12H2,1-3H3. The molecule has 1 saturated carbocycles. The maximum absolute atomic E-state index is 12.6. The van der Waals surface area contributed by atoms with E-state index in [1.807, 2.05) is 20.0 Å². The summed E-state index contributed by atoms with van der Waals surface area (Å²) in [5, 5.41) is 3.63. The SMILES string of the molecule is CCOc1ccc(C(C)NC)cc1CS(=O)C1CCCC1. The van der Waals surface area contributed by atoms with Crippen LogP contribution in [0.1, 0.15) is 56.7 Å². The molecule has 1 aromatic rings. The average Bonchev–Trinajstić information content (AvgIpc) is 3.02. The fraction of sp³-hybridized carbons (Fsp3) is 0.647. The van der Waals surface area contributed by atoms with Gasteiger partial charge < -0.3 is 10.1 Å². The molecule has 0 aliphatic heterocycles. The largest absolute Gasteiger partial charge is 0.494 e. The number of ether oxygens (including phenoxy) is 1. The summed E-state index contributed by atoms with van der Waals surface area (Å²) in [5.41, 5.74) is 2.31. The van der Waals surface area contributed by atoms with E-state index in [0.29, 0.717) is 23.7 Å². The molecule has 0 amide bonds. The minimum atomic E-state index is -0.784. The van der Waals surface area contributed by atoms with Crippen LogP contribution in [0.3, 0.4) is 0 Å². The first-order chi connectivity index (χ1) is 10.2. The molecule has 2 rings (SSSR count). The maximum Gasteiger partial charge on any atom is 0.123 e. The van der Waals surface area contributed by atoms with Gasteiger partial charge in [-0.25, -0.2) is 0 Å². The van der Waals surface area contributed by atoms with E-state index in [0.717, 1.165) is 24.2 Å². The summed E-state index contributed by atoms with van der Waals surface area (Å²) in [5.74, 6) is 1.50. The summed E-state index contributed by atoms with van der Waals surface area (Å²) < 4.78 is 18.3. The highest BCUT2D eigenvalue weighted by atomic mass is 32.2. The third kappa shape index (κ3) is 4.30. The Labute approximate surface area is 130 Å². The van der Waals surface area contributed by atoms with Gasteiger partial charge in [-0.2, -0.15) is 0 Å². The van der Waals surface area contributed by atoms with Gasteiger partial charge in [0.05, 0.1) is 12.4 Å². The van der Waals surface area contributed by atoms with E-state index < -0.39 is 10.8 Å². The van der Waals surface area contributed by atoms with Crippen molar-refractivity contribution in [1.82, 2.24) is 5.32 Å². The molecule has 0 aromatic heterocycles. The molecular formula is C17H27NO2S. The molecule has 0 heterocycles. The summed E-state index contributed by atoms with van der Waals surface area (Å²) >= 11 is 0. The van der Waals surface area contributed by atoms with Crippen LogP contribution in [0, 0.1) is 0 Å². The Morgan fingerprint density at radius 1 is 1.38 bits per heavy atom. The van der Waals surface area contributed by atoms with E-state index in [9.17, 15) is 4.21 Å². The van der Waals surface area contributed by atoms with Crippen LogP contribution >= 0.6 is 0 Å². The van der Waals surface area contributed by atoms with Crippen molar-refractivity contribution in [3.63, 3.8) is 0 Å². The summed E-state index contributed by atoms with van der Waals surface area (Å²) in [6, 6.07) is 6.56. The van der Waals surface area contributed by atoms with Crippen LogP contribution in [0.2, 0.25) is 0 Å². The number of benzene rings is 1. The van der Waals surface area contributed by atoms with Crippen molar-refractivity contribution < 1.29 is 8.95 Å². The average molecular weight is 309 g/mol. The molecule has 3 nitrogen and oxygen atoms in total. The van der Waals surface area contributed by atoms with Gasteiger partial charge in [-0.3, -0.25) is 4.21 Å². The molecule has 2 atom stereocenters. The highest BCUT2D eigenvalue weighted by molar-refractivity contribution is 7.84. The Balaban J connectivity index is 2.18. The van der Waals surface area contributed by atoms with Crippen molar-refractivity contribution in [2.45, 2.75) is 56.6 Å². The van der Waals surface area contributed by atoms with Crippen molar-refractivity contribution in [3.8, 4) is 5.75 Å². The van der Waals surface area contributed by atoms with Crippen molar-refractivity contribution in [1.29, 1.82) is 0 Å². The molecule has 21 heavy (non-hydrogen) atoms. The van der Waals surface area contributed by atoms with Crippen LogP contribution < -0.4 is 10.1 Å². The predicted molar refractivity (Wildman–Crippen MR) is 89.2 cm³/mol. The third-order valence-electron chi connectivity index (χ3n) is 4.29. The molecule has 2 unspecified atom stereocenters. The minimum Gasteiger partial charge on any atom is -0.494 e. The smallest absolute Gasteiger partial charge is 0.123 e. The molecule has 1 aliphatic carbocycles. The van der Waals surface area contributed by atoms with Gasteiger partial charge in [0, 0.05) is 27.7 Å². The fourth-order valence-corrected chi connectivity index (χ4v) is 4.49. The van der Waals surface area contributed by atoms with Gasteiger partial charge in [-0.1, -0.05) is 18.9 Å². The Hall–Kier alpha value is -0.870. The van der Waals surface area contributed by atoms with E-state index in [1.54, 1.807) is 0 Å². The first-order valence-corrected chi connectivity index (χ1v) is 9.34. The zero-order valence-corrected chi connectivity index (χ0v) is 14.2. The van der Waals surface area contributed by atoms with Crippen LogP contribution in [0.25, 0.3) is 0 Å². The van der Waals surface area contributed by atoms with Gasteiger partial charge in [0.15, 0.2) is 0 Å². The van der Waals surface area contributed by atoms with Crippen molar-refractivity contribution in [2.24, 2.45) is 0 Å². The molecule has 0 radical (unpaired) electrons. The van der Waals surface area contributed by atoms with Gasteiger partial charge in [0.1, 0.15) is 5.75 Å². The normalized spacial score (nSPS) is 18.6. The van der Waals surface area contributed by atoms with Crippen LogP contribution in [0.15, 0.2) is 18.2 Å². The minimum absolute atomic E-state index is 0.291. The lowest BCUT2D eigenvalue weighted by molar-refractivity contribution is 0.337. The van der Waals surface area contributed by atoms with E-state index in [4.69, 9.17) is 4.74 Å². The summed E-state index contributed by atoms with van der Waals surface area (Å²) in [6.45, 7) is 4.76. The summed E-state index contributed by atoms with van der Waals surface area (Å²) in [7, 11) is 1.17. The first-order valence-electron chi connectivity index (χ1n) is 7.95. The van der Waals surface area contributed by atoms with Crippen LogP contribution in [-0.2, 0) is 16.6 Å². The predicted octanol–water partition coefficient (Wildman–Crippen LogP) is 3.56. The second-order valence-electron chi connectivity index (χ2n) is 5.74. The number of nitrogens with one attached hydrogen (secondary N) is 1. The van der Waals surface area contributed by atoms with E-state index in [1.165, 1.54) is 18.4 Å². The Morgan fingerprint density at radius 2 is 2.10 bits per heavy atom. The monoisotopic (exact) mass is 309 g/mol. The molecule has 1 N–H and O–H groups in total. The van der Waals surface area contributed by atoms with Gasteiger partial charge in [-0.05, 0) is 51.4 Å². The first kappa shape index (κ1) is 16.5. The quantitative estimate of drug-likeness (QED) is 0.837.